The first kappa shape index (κ1) is 29.6. The lowest BCUT2D eigenvalue weighted by molar-refractivity contribution is -0.910. The molecule has 0 amide bonds. The van der Waals surface area contributed by atoms with Crippen molar-refractivity contribution in [1.29, 1.82) is 0 Å². The minimum atomic E-state index is -4.27. The van der Waals surface area contributed by atoms with Gasteiger partial charge in [-0.2, -0.15) is 0 Å². The SMILES string of the molecule is CCCCCCCC[N+](C)(CCCBr)CCCCC.Cc1ccc(S(=O)(=O)[O-])cc1. The molecule has 1 unspecified atom stereocenters. The minimum Gasteiger partial charge on any atom is -0.744 e. The molecule has 30 heavy (non-hydrogen) atoms. The van der Waals surface area contributed by atoms with Gasteiger partial charge in [-0.15, -0.1) is 0 Å². The number of hydrogen-bond acceptors (Lipinski definition) is 3. The van der Waals surface area contributed by atoms with Crippen LogP contribution in [0.3, 0.4) is 0 Å². The van der Waals surface area contributed by atoms with Crippen LogP contribution < -0.4 is 0 Å². The van der Waals surface area contributed by atoms with E-state index in [1.807, 2.05) is 6.92 Å². The summed E-state index contributed by atoms with van der Waals surface area (Å²) in [6.45, 7) is 10.5. The molecule has 1 rings (SSSR count). The Kier molecular flexibility index (Phi) is 16.9. The van der Waals surface area contributed by atoms with Gasteiger partial charge in [0.25, 0.3) is 0 Å². The van der Waals surface area contributed by atoms with Gasteiger partial charge in [0.2, 0.25) is 0 Å². The molecule has 0 heterocycles. The number of rotatable bonds is 15. The second-order valence-corrected chi connectivity index (χ2v) is 10.7. The first-order chi connectivity index (χ1) is 14.2. The van der Waals surface area contributed by atoms with Crippen molar-refractivity contribution in [2.75, 3.05) is 32.0 Å². The van der Waals surface area contributed by atoms with E-state index in [4.69, 9.17) is 0 Å². The van der Waals surface area contributed by atoms with Gasteiger partial charge in [0.1, 0.15) is 10.1 Å². The Morgan fingerprint density at radius 3 is 1.73 bits per heavy atom. The second-order valence-electron chi connectivity index (χ2n) is 8.57. The number of nitrogens with zero attached hydrogens (tertiary/aromatic N) is 1. The lowest BCUT2D eigenvalue weighted by atomic mass is 10.1. The Labute approximate surface area is 194 Å². The third kappa shape index (κ3) is 15.4. The van der Waals surface area contributed by atoms with Crippen LogP contribution in [0.15, 0.2) is 29.2 Å². The van der Waals surface area contributed by atoms with Crippen LogP contribution in [0.25, 0.3) is 0 Å². The van der Waals surface area contributed by atoms with Crippen molar-refractivity contribution < 1.29 is 17.5 Å². The number of benzene rings is 1. The molecule has 0 saturated carbocycles. The van der Waals surface area contributed by atoms with Crippen molar-refractivity contribution in [3.8, 4) is 0 Å². The molecule has 176 valence electrons. The van der Waals surface area contributed by atoms with Gasteiger partial charge in [0.05, 0.1) is 31.6 Å². The maximum absolute atomic E-state index is 10.4. The van der Waals surface area contributed by atoms with Crippen molar-refractivity contribution in [1.82, 2.24) is 0 Å². The van der Waals surface area contributed by atoms with Crippen molar-refractivity contribution in [2.24, 2.45) is 0 Å². The Hall–Kier alpha value is -0.430. The predicted molar refractivity (Wildman–Crippen MR) is 131 cm³/mol. The summed E-state index contributed by atoms with van der Waals surface area (Å²) in [5.41, 5.74) is 0.928. The summed E-state index contributed by atoms with van der Waals surface area (Å²) >= 11 is 3.58. The molecule has 0 aliphatic carbocycles. The Morgan fingerprint density at radius 1 is 0.800 bits per heavy atom. The minimum absolute atomic E-state index is 0.178. The van der Waals surface area contributed by atoms with Gasteiger partial charge in [-0.1, -0.05) is 79.6 Å². The number of alkyl halides is 1. The van der Waals surface area contributed by atoms with Crippen LogP contribution in [-0.2, 0) is 10.1 Å². The summed E-state index contributed by atoms with van der Waals surface area (Å²) in [5, 5.41) is 1.16. The molecular weight excluding hydrogens is 462 g/mol. The molecule has 0 aromatic heterocycles. The zero-order valence-corrected chi connectivity index (χ0v) is 22.1. The van der Waals surface area contributed by atoms with Crippen molar-refractivity contribution in [2.45, 2.75) is 89.9 Å². The Bertz CT molecular complexity index is 634. The van der Waals surface area contributed by atoms with Crippen LogP contribution in [0.5, 0.6) is 0 Å². The topological polar surface area (TPSA) is 57.2 Å². The summed E-state index contributed by atoms with van der Waals surface area (Å²) < 4.78 is 32.5. The molecule has 0 spiro atoms. The predicted octanol–water partition coefficient (Wildman–Crippen LogP) is 6.67. The van der Waals surface area contributed by atoms with E-state index in [-0.39, 0.29) is 4.90 Å². The smallest absolute Gasteiger partial charge is 0.124 e. The van der Waals surface area contributed by atoms with E-state index in [9.17, 15) is 13.0 Å². The molecule has 0 aliphatic heterocycles. The number of hydrogen-bond donors (Lipinski definition) is 0. The molecule has 0 radical (unpaired) electrons. The zero-order chi connectivity index (χ0) is 22.9. The molecule has 1 atom stereocenters. The average molecular weight is 507 g/mol. The molecule has 0 saturated heterocycles. The van der Waals surface area contributed by atoms with E-state index in [2.05, 4.69) is 36.8 Å². The van der Waals surface area contributed by atoms with Gasteiger partial charge in [-0.25, -0.2) is 8.42 Å². The molecule has 0 aliphatic rings. The highest BCUT2D eigenvalue weighted by atomic mass is 79.9. The molecular formula is C24H44BrNO3S. The van der Waals surface area contributed by atoms with Crippen molar-refractivity contribution >= 4 is 26.0 Å². The summed E-state index contributed by atoms with van der Waals surface area (Å²) in [7, 11) is -1.79. The maximum Gasteiger partial charge on any atom is 0.124 e. The average Bonchev–Trinajstić information content (AvgIpc) is 2.69. The molecule has 6 heteroatoms. The van der Waals surface area contributed by atoms with Crippen LogP contribution in [0, 0.1) is 6.92 Å². The zero-order valence-electron chi connectivity index (χ0n) is 19.7. The van der Waals surface area contributed by atoms with Crippen LogP contribution >= 0.6 is 15.9 Å². The van der Waals surface area contributed by atoms with Crippen molar-refractivity contribution in [3.05, 3.63) is 29.8 Å². The maximum atomic E-state index is 10.4. The lowest BCUT2D eigenvalue weighted by Crippen LogP contribution is -2.46. The fraction of sp³-hybridized carbons (Fsp3) is 0.750. The molecule has 1 aromatic carbocycles. The summed E-state index contributed by atoms with van der Waals surface area (Å²) in [5.74, 6) is 0. The molecule has 0 fully saturated rings. The van der Waals surface area contributed by atoms with E-state index in [1.54, 1.807) is 12.1 Å². The monoisotopic (exact) mass is 505 g/mol. The molecule has 1 aromatic rings. The number of aryl methyl sites for hydroxylation is 1. The number of quaternary nitrogens is 1. The molecule has 0 N–H and O–H groups in total. The van der Waals surface area contributed by atoms with E-state index < -0.39 is 10.1 Å². The fourth-order valence-corrected chi connectivity index (χ4v) is 4.22. The van der Waals surface area contributed by atoms with Gasteiger partial charge in [-0.05, 0) is 44.7 Å². The van der Waals surface area contributed by atoms with Crippen LogP contribution in [0.2, 0.25) is 0 Å². The Morgan fingerprint density at radius 2 is 1.23 bits per heavy atom. The van der Waals surface area contributed by atoms with Gasteiger partial charge in [-0.3, -0.25) is 0 Å². The van der Waals surface area contributed by atoms with Gasteiger partial charge >= 0.3 is 0 Å². The standard InChI is InChI=1S/C17H37BrN.C7H8O3S/c1-4-6-8-9-10-12-16-19(3,17-13-14-18)15-11-7-5-2;1-6-2-4-7(5-3-6)11(8,9)10/h4-17H2,1-3H3;2-5H,1H3,(H,8,9,10)/q+1;/p-1. The third-order valence-electron chi connectivity index (χ3n) is 5.49. The summed E-state index contributed by atoms with van der Waals surface area (Å²) in [4.78, 5) is -0.178. The quantitative estimate of drug-likeness (QED) is 0.116. The van der Waals surface area contributed by atoms with Crippen LogP contribution in [-0.4, -0.2) is 49.5 Å². The van der Waals surface area contributed by atoms with Gasteiger partial charge < -0.3 is 9.04 Å². The first-order valence-corrected chi connectivity index (χ1v) is 14.1. The van der Waals surface area contributed by atoms with Crippen LogP contribution in [0.4, 0.5) is 0 Å². The van der Waals surface area contributed by atoms with Crippen LogP contribution in [0.1, 0.15) is 83.6 Å². The van der Waals surface area contributed by atoms with E-state index in [0.717, 1.165) is 10.9 Å². The van der Waals surface area contributed by atoms with E-state index >= 15 is 0 Å². The van der Waals surface area contributed by atoms with Gasteiger partial charge in [0.15, 0.2) is 0 Å². The fourth-order valence-electron chi connectivity index (χ4n) is 3.50. The van der Waals surface area contributed by atoms with E-state index in [0.29, 0.717) is 0 Å². The lowest BCUT2D eigenvalue weighted by Gasteiger charge is -2.35. The van der Waals surface area contributed by atoms with Crippen molar-refractivity contribution in [3.63, 3.8) is 0 Å². The highest BCUT2D eigenvalue weighted by Crippen LogP contribution is 2.13. The number of halogens is 1. The molecule has 4 nitrogen and oxygen atoms in total. The second kappa shape index (κ2) is 17.2. The normalized spacial score (nSPS) is 13.4. The summed E-state index contributed by atoms with van der Waals surface area (Å²) in [6.07, 6.45) is 14.0. The Balaban J connectivity index is 0.000000642. The summed E-state index contributed by atoms with van der Waals surface area (Å²) in [6, 6.07) is 5.78. The third-order valence-corrected chi connectivity index (χ3v) is 6.90. The highest BCUT2D eigenvalue weighted by Gasteiger charge is 2.19. The molecule has 0 bridgehead atoms. The largest absolute Gasteiger partial charge is 0.744 e. The highest BCUT2D eigenvalue weighted by molar-refractivity contribution is 9.09. The first-order valence-electron chi connectivity index (χ1n) is 11.6. The van der Waals surface area contributed by atoms with E-state index in [1.165, 1.54) is 100 Å². The number of unbranched alkanes of at least 4 members (excludes halogenated alkanes) is 7. The van der Waals surface area contributed by atoms with Gasteiger partial charge in [0, 0.05) is 11.8 Å².